The molecule has 182 valence electrons. The van der Waals surface area contributed by atoms with E-state index >= 15 is 0 Å². The molecule has 1 aliphatic rings. The Labute approximate surface area is 199 Å². The van der Waals surface area contributed by atoms with Crippen molar-refractivity contribution in [3.05, 3.63) is 59.3 Å². The summed E-state index contributed by atoms with van der Waals surface area (Å²) in [4.78, 5) is 11.6. The van der Waals surface area contributed by atoms with Gasteiger partial charge in [-0.15, -0.1) is 10.2 Å². The Morgan fingerprint density at radius 3 is 2.74 bits per heavy atom. The van der Waals surface area contributed by atoms with Crippen LogP contribution in [0, 0.1) is 0 Å². The van der Waals surface area contributed by atoms with Gasteiger partial charge in [0.25, 0.3) is 0 Å². The lowest BCUT2D eigenvalue weighted by Crippen LogP contribution is -2.18. The van der Waals surface area contributed by atoms with Gasteiger partial charge in [0.1, 0.15) is 5.76 Å². The van der Waals surface area contributed by atoms with E-state index in [1.807, 2.05) is 0 Å². The number of hydrogen-bond donors (Lipinski definition) is 1. The Morgan fingerprint density at radius 2 is 2.00 bits per heavy atom. The van der Waals surface area contributed by atoms with E-state index in [4.69, 9.17) is 4.42 Å². The molecule has 1 saturated carbocycles. The number of rotatable bonds is 8. The van der Waals surface area contributed by atoms with Crippen molar-refractivity contribution in [3.8, 4) is 0 Å². The normalized spacial score (nSPS) is 14.8. The van der Waals surface area contributed by atoms with Gasteiger partial charge in [-0.3, -0.25) is 0 Å². The Bertz CT molecular complexity index is 1120. The van der Waals surface area contributed by atoms with Crippen LogP contribution in [0.4, 0.5) is 18.9 Å². The fourth-order valence-corrected chi connectivity index (χ4v) is 4.94. The summed E-state index contributed by atoms with van der Waals surface area (Å²) < 4.78 is 51.4. The van der Waals surface area contributed by atoms with Gasteiger partial charge in [-0.1, -0.05) is 37.1 Å². The SMILES string of the molecule is COC(=O)c1ccc(CSc2nnc(CNc3cccc(C(F)(F)F)c3)n2C2CCCCC2)o1. The summed E-state index contributed by atoms with van der Waals surface area (Å²) in [6, 6.07) is 8.63. The summed E-state index contributed by atoms with van der Waals surface area (Å²) in [5.41, 5.74) is -0.333. The molecule has 0 amide bonds. The first kappa shape index (κ1) is 24.2. The highest BCUT2D eigenvalue weighted by atomic mass is 32.2. The molecule has 1 aliphatic carbocycles. The molecule has 0 bridgehead atoms. The van der Waals surface area contributed by atoms with Crippen molar-refractivity contribution in [2.75, 3.05) is 12.4 Å². The molecule has 0 aliphatic heterocycles. The number of hydrogen-bond acceptors (Lipinski definition) is 7. The fraction of sp³-hybridized carbons (Fsp3) is 0.435. The van der Waals surface area contributed by atoms with Gasteiger partial charge in [-0.05, 0) is 43.2 Å². The van der Waals surface area contributed by atoms with Crippen LogP contribution in [0.25, 0.3) is 0 Å². The average Bonchev–Trinajstić information content (AvgIpc) is 3.48. The summed E-state index contributed by atoms with van der Waals surface area (Å²) in [6.07, 6.45) is 0.984. The zero-order valence-electron chi connectivity index (χ0n) is 18.6. The smallest absolute Gasteiger partial charge is 0.416 e. The van der Waals surface area contributed by atoms with Crippen LogP contribution in [0.3, 0.4) is 0 Å². The van der Waals surface area contributed by atoms with Crippen molar-refractivity contribution in [1.29, 1.82) is 0 Å². The topological polar surface area (TPSA) is 82.2 Å². The monoisotopic (exact) mass is 494 g/mol. The Balaban J connectivity index is 1.50. The van der Waals surface area contributed by atoms with Gasteiger partial charge in [-0.25, -0.2) is 4.79 Å². The lowest BCUT2D eigenvalue weighted by Gasteiger charge is -2.25. The van der Waals surface area contributed by atoms with E-state index in [1.54, 1.807) is 18.2 Å². The molecule has 4 rings (SSSR count). The molecular weight excluding hydrogens is 469 g/mol. The number of nitrogens with zero attached hydrogens (tertiary/aromatic N) is 3. The van der Waals surface area contributed by atoms with E-state index < -0.39 is 17.7 Å². The van der Waals surface area contributed by atoms with Gasteiger partial charge < -0.3 is 19.0 Å². The van der Waals surface area contributed by atoms with Gasteiger partial charge in [0.2, 0.25) is 5.76 Å². The van der Waals surface area contributed by atoms with Crippen LogP contribution in [0.15, 0.2) is 46.0 Å². The Hall–Kier alpha value is -2.95. The van der Waals surface area contributed by atoms with Crippen LogP contribution in [0.2, 0.25) is 0 Å². The summed E-state index contributed by atoms with van der Waals surface area (Å²) >= 11 is 1.44. The first-order chi connectivity index (χ1) is 16.3. The van der Waals surface area contributed by atoms with Crippen LogP contribution in [-0.2, 0) is 23.2 Å². The number of furan rings is 1. The van der Waals surface area contributed by atoms with Crippen molar-refractivity contribution in [2.24, 2.45) is 0 Å². The molecule has 0 atom stereocenters. The number of methoxy groups -OCH3 is 1. The summed E-state index contributed by atoms with van der Waals surface area (Å²) in [5.74, 6) is 1.32. The second-order valence-corrected chi connectivity index (χ2v) is 8.98. The number of anilines is 1. The zero-order valence-corrected chi connectivity index (χ0v) is 19.4. The van der Waals surface area contributed by atoms with Gasteiger partial charge in [0, 0.05) is 11.7 Å². The van der Waals surface area contributed by atoms with E-state index in [0.29, 0.717) is 28.2 Å². The van der Waals surface area contributed by atoms with Gasteiger partial charge in [0.15, 0.2) is 11.0 Å². The van der Waals surface area contributed by atoms with E-state index in [2.05, 4.69) is 24.8 Å². The molecule has 0 saturated heterocycles. The highest BCUT2D eigenvalue weighted by Gasteiger charge is 2.30. The number of alkyl halides is 3. The third kappa shape index (κ3) is 5.75. The number of esters is 1. The number of halogens is 3. The van der Waals surface area contributed by atoms with Crippen molar-refractivity contribution < 1.29 is 27.1 Å². The minimum absolute atomic E-state index is 0.137. The molecule has 1 fully saturated rings. The number of aromatic nitrogens is 3. The van der Waals surface area contributed by atoms with E-state index in [1.165, 1.54) is 31.4 Å². The third-order valence-electron chi connectivity index (χ3n) is 5.71. The molecule has 0 unspecified atom stereocenters. The number of ether oxygens (including phenoxy) is 1. The van der Waals surface area contributed by atoms with Gasteiger partial charge in [-0.2, -0.15) is 13.2 Å². The quantitative estimate of drug-likeness (QED) is 0.300. The predicted octanol–water partition coefficient (Wildman–Crippen LogP) is 6.09. The molecule has 2 aromatic heterocycles. The maximum atomic E-state index is 13.0. The lowest BCUT2D eigenvalue weighted by atomic mass is 9.95. The maximum absolute atomic E-state index is 13.0. The number of nitrogens with one attached hydrogen (secondary N) is 1. The minimum Gasteiger partial charge on any atom is -0.463 e. The zero-order chi connectivity index (χ0) is 24.1. The van der Waals surface area contributed by atoms with Crippen LogP contribution in [0.1, 0.15) is 65.8 Å². The number of thioether (sulfide) groups is 1. The van der Waals surface area contributed by atoms with E-state index in [-0.39, 0.29) is 18.3 Å². The molecule has 0 radical (unpaired) electrons. The second-order valence-electron chi connectivity index (χ2n) is 8.04. The minimum atomic E-state index is -4.40. The van der Waals surface area contributed by atoms with Crippen molar-refractivity contribution in [2.45, 2.75) is 61.8 Å². The molecule has 1 N–H and O–H groups in total. The molecule has 11 heteroatoms. The van der Waals surface area contributed by atoms with E-state index in [0.717, 1.165) is 37.8 Å². The molecular formula is C23H25F3N4O3S. The van der Waals surface area contributed by atoms with Gasteiger partial charge in [0.05, 0.1) is 25.0 Å². The molecule has 7 nitrogen and oxygen atoms in total. The standard InChI is InChI=1S/C23H25F3N4O3S/c1-32-21(31)19-11-10-18(33-19)14-34-22-29-28-20(30(22)17-8-3-2-4-9-17)13-27-16-7-5-6-15(12-16)23(24,25)26/h5-7,10-12,17,27H,2-4,8-9,13-14H2,1H3. The maximum Gasteiger partial charge on any atom is 0.416 e. The first-order valence-electron chi connectivity index (χ1n) is 11.0. The lowest BCUT2D eigenvalue weighted by molar-refractivity contribution is -0.137. The number of benzene rings is 1. The number of carbonyl (C=O) groups is 1. The van der Waals surface area contributed by atoms with Crippen molar-refractivity contribution in [1.82, 2.24) is 14.8 Å². The van der Waals surface area contributed by atoms with Crippen molar-refractivity contribution in [3.63, 3.8) is 0 Å². The first-order valence-corrected chi connectivity index (χ1v) is 12.0. The van der Waals surface area contributed by atoms with Crippen molar-refractivity contribution >= 4 is 23.4 Å². The summed E-state index contributed by atoms with van der Waals surface area (Å²) in [7, 11) is 1.29. The molecule has 1 aromatic carbocycles. The summed E-state index contributed by atoms with van der Waals surface area (Å²) in [6.45, 7) is 0.249. The Morgan fingerprint density at radius 1 is 1.21 bits per heavy atom. The van der Waals surface area contributed by atoms with E-state index in [9.17, 15) is 18.0 Å². The predicted molar refractivity (Wildman–Crippen MR) is 121 cm³/mol. The van der Waals surface area contributed by atoms with Crippen LogP contribution in [0.5, 0.6) is 0 Å². The molecule has 3 aromatic rings. The summed E-state index contributed by atoms with van der Waals surface area (Å²) in [5, 5.41) is 12.5. The molecule has 34 heavy (non-hydrogen) atoms. The van der Waals surface area contributed by atoms with Crippen LogP contribution < -0.4 is 5.32 Å². The van der Waals surface area contributed by atoms with Gasteiger partial charge >= 0.3 is 12.1 Å². The van der Waals surface area contributed by atoms with Crippen LogP contribution >= 0.6 is 11.8 Å². The Kier molecular flexibility index (Phi) is 7.50. The third-order valence-corrected chi connectivity index (χ3v) is 6.67. The highest BCUT2D eigenvalue weighted by Crippen LogP contribution is 2.34. The average molecular weight is 495 g/mol. The van der Waals surface area contributed by atoms with Crippen LogP contribution in [-0.4, -0.2) is 27.8 Å². The molecule has 2 heterocycles. The molecule has 0 spiro atoms. The number of carbonyl (C=O) groups excluding carboxylic acids is 1. The second kappa shape index (κ2) is 10.5. The fourth-order valence-electron chi connectivity index (χ4n) is 4.02. The largest absolute Gasteiger partial charge is 0.463 e. The highest BCUT2D eigenvalue weighted by molar-refractivity contribution is 7.98.